The van der Waals surface area contributed by atoms with Crippen LogP contribution in [0.4, 0.5) is 20.2 Å². The number of nitrogens with one attached hydrogen (secondary N) is 2. The molecule has 0 bridgehead atoms. The molecule has 1 aliphatic rings. The maximum atomic E-state index is 13.2. The lowest BCUT2D eigenvalue weighted by Crippen LogP contribution is -2.30. The number of anilines is 2. The third-order valence-electron chi connectivity index (χ3n) is 4.56. The highest BCUT2D eigenvalue weighted by Gasteiger charge is 2.23. The monoisotopic (exact) mass is 395 g/mol. The van der Waals surface area contributed by atoms with Crippen molar-refractivity contribution in [3.63, 3.8) is 0 Å². The van der Waals surface area contributed by atoms with E-state index in [0.717, 1.165) is 5.56 Å². The molecule has 1 aliphatic heterocycles. The number of aromatic nitrogens is 1. The van der Waals surface area contributed by atoms with Crippen LogP contribution in [0.2, 0.25) is 0 Å². The molecule has 0 saturated carbocycles. The van der Waals surface area contributed by atoms with Crippen LogP contribution in [0, 0.1) is 11.6 Å². The van der Waals surface area contributed by atoms with Gasteiger partial charge in [0.2, 0.25) is 5.88 Å². The molecular formula is C22H19F2N3O2. The zero-order valence-corrected chi connectivity index (χ0v) is 15.7. The van der Waals surface area contributed by atoms with Gasteiger partial charge in [0.25, 0.3) is 5.91 Å². The fourth-order valence-electron chi connectivity index (χ4n) is 3.14. The second kappa shape index (κ2) is 7.87. The smallest absolute Gasteiger partial charge is 0.274 e. The van der Waals surface area contributed by atoms with E-state index in [1.165, 1.54) is 36.4 Å². The van der Waals surface area contributed by atoms with Crippen LogP contribution < -0.4 is 15.4 Å². The first-order chi connectivity index (χ1) is 14.0. The molecule has 2 heterocycles. The molecule has 0 saturated heterocycles. The van der Waals surface area contributed by atoms with Gasteiger partial charge in [0.15, 0.2) is 0 Å². The molecule has 1 atom stereocenters. The van der Waals surface area contributed by atoms with Crippen LogP contribution in [0.5, 0.6) is 5.88 Å². The Bertz CT molecular complexity index is 1040. The van der Waals surface area contributed by atoms with Crippen molar-refractivity contribution in [3.05, 3.63) is 83.1 Å². The second-order valence-corrected chi connectivity index (χ2v) is 6.97. The average molecular weight is 395 g/mol. The molecule has 29 heavy (non-hydrogen) atoms. The largest absolute Gasteiger partial charge is 0.474 e. The number of rotatable bonds is 4. The lowest BCUT2D eigenvalue weighted by atomic mass is 10.0. The number of amides is 1. The molecule has 1 aromatic heterocycles. The maximum absolute atomic E-state index is 13.2. The van der Waals surface area contributed by atoms with E-state index in [0.29, 0.717) is 35.8 Å². The van der Waals surface area contributed by atoms with Crippen molar-refractivity contribution in [3.8, 4) is 5.88 Å². The van der Waals surface area contributed by atoms with Crippen LogP contribution in [-0.4, -0.2) is 23.5 Å². The van der Waals surface area contributed by atoms with Gasteiger partial charge in [-0.1, -0.05) is 12.1 Å². The van der Waals surface area contributed by atoms with Crippen molar-refractivity contribution >= 4 is 17.3 Å². The average Bonchev–Trinajstić information content (AvgIpc) is 2.71. The van der Waals surface area contributed by atoms with Gasteiger partial charge in [0.1, 0.15) is 23.9 Å². The Morgan fingerprint density at radius 3 is 2.48 bits per heavy atom. The van der Waals surface area contributed by atoms with Crippen LogP contribution in [0.3, 0.4) is 0 Å². The van der Waals surface area contributed by atoms with Gasteiger partial charge < -0.3 is 15.4 Å². The summed E-state index contributed by atoms with van der Waals surface area (Å²) in [6.45, 7) is 2.42. The summed E-state index contributed by atoms with van der Waals surface area (Å²) in [4.78, 5) is 17.3. The number of halogens is 2. The molecular weight excluding hydrogens is 376 g/mol. The van der Waals surface area contributed by atoms with Crippen molar-refractivity contribution in [2.75, 3.05) is 17.2 Å². The van der Waals surface area contributed by atoms with Gasteiger partial charge in [-0.15, -0.1) is 0 Å². The highest BCUT2D eigenvalue weighted by Crippen LogP contribution is 2.30. The SMILES string of the molecule is CC1COc2nc(C(=O)Nc3ccc(F)cc3)c(Cc3ccc(F)cc3)cc2N1. The first-order valence-electron chi connectivity index (χ1n) is 9.22. The summed E-state index contributed by atoms with van der Waals surface area (Å²) in [5, 5.41) is 6.03. The summed E-state index contributed by atoms with van der Waals surface area (Å²) in [6, 6.07) is 13.5. The zero-order chi connectivity index (χ0) is 20.4. The first-order valence-corrected chi connectivity index (χ1v) is 9.22. The lowest BCUT2D eigenvalue weighted by molar-refractivity contribution is 0.102. The summed E-state index contributed by atoms with van der Waals surface area (Å²) in [5.74, 6) is -0.787. The number of fused-ring (bicyclic) bond motifs is 1. The normalized spacial score (nSPS) is 15.1. The van der Waals surface area contributed by atoms with Gasteiger partial charge in [0, 0.05) is 5.69 Å². The van der Waals surface area contributed by atoms with Crippen LogP contribution in [0.15, 0.2) is 54.6 Å². The number of ether oxygens (including phenoxy) is 1. The fourth-order valence-corrected chi connectivity index (χ4v) is 3.14. The number of pyridine rings is 1. The molecule has 0 aliphatic carbocycles. The topological polar surface area (TPSA) is 63.2 Å². The van der Waals surface area contributed by atoms with E-state index in [2.05, 4.69) is 15.6 Å². The molecule has 7 heteroatoms. The zero-order valence-electron chi connectivity index (χ0n) is 15.7. The van der Waals surface area contributed by atoms with E-state index in [4.69, 9.17) is 4.74 Å². The van der Waals surface area contributed by atoms with Gasteiger partial charge >= 0.3 is 0 Å². The summed E-state index contributed by atoms with van der Waals surface area (Å²) >= 11 is 0. The number of carbonyl (C=O) groups is 1. The minimum Gasteiger partial charge on any atom is -0.474 e. The van der Waals surface area contributed by atoms with Crippen molar-refractivity contribution in [2.24, 2.45) is 0 Å². The van der Waals surface area contributed by atoms with Gasteiger partial charge in [-0.05, 0) is 66.9 Å². The summed E-state index contributed by atoms with van der Waals surface area (Å²) < 4.78 is 32.0. The van der Waals surface area contributed by atoms with Crippen LogP contribution in [0.25, 0.3) is 0 Å². The fraction of sp³-hybridized carbons (Fsp3) is 0.182. The molecule has 0 fully saturated rings. The molecule has 0 spiro atoms. The standard InChI is InChI=1S/C22H19F2N3O2/c1-13-12-29-22-19(25-13)11-15(10-14-2-4-16(23)5-3-14)20(27-22)21(28)26-18-8-6-17(24)7-9-18/h2-9,11,13,25H,10,12H2,1H3,(H,26,28). The van der Waals surface area contributed by atoms with Crippen molar-refractivity contribution < 1.29 is 18.3 Å². The molecule has 148 valence electrons. The second-order valence-electron chi connectivity index (χ2n) is 6.97. The van der Waals surface area contributed by atoms with Crippen molar-refractivity contribution in [1.82, 2.24) is 4.98 Å². The highest BCUT2D eigenvalue weighted by atomic mass is 19.1. The first kappa shape index (κ1) is 18.9. The summed E-state index contributed by atoms with van der Waals surface area (Å²) in [6.07, 6.45) is 0.392. The third kappa shape index (κ3) is 4.34. The molecule has 3 aromatic rings. The molecule has 5 nitrogen and oxygen atoms in total. The molecule has 0 radical (unpaired) electrons. The van der Waals surface area contributed by atoms with Gasteiger partial charge in [-0.2, -0.15) is 0 Å². The van der Waals surface area contributed by atoms with E-state index >= 15 is 0 Å². The predicted molar refractivity (Wildman–Crippen MR) is 106 cm³/mol. The Labute approximate surface area is 166 Å². The van der Waals surface area contributed by atoms with E-state index in [-0.39, 0.29) is 23.4 Å². The molecule has 2 aromatic carbocycles. The number of nitrogens with zero attached hydrogens (tertiary/aromatic N) is 1. The summed E-state index contributed by atoms with van der Waals surface area (Å²) in [5.41, 5.74) is 2.87. The molecule has 1 amide bonds. The number of hydrogen-bond acceptors (Lipinski definition) is 4. The molecule has 1 unspecified atom stereocenters. The van der Waals surface area contributed by atoms with Crippen LogP contribution >= 0.6 is 0 Å². The molecule has 2 N–H and O–H groups in total. The maximum Gasteiger partial charge on any atom is 0.274 e. The van der Waals surface area contributed by atoms with Crippen LogP contribution in [0.1, 0.15) is 28.5 Å². The van der Waals surface area contributed by atoms with Gasteiger partial charge in [0.05, 0.1) is 11.7 Å². The van der Waals surface area contributed by atoms with Crippen molar-refractivity contribution in [1.29, 1.82) is 0 Å². The Hall–Kier alpha value is -3.48. The predicted octanol–water partition coefficient (Wildman–Crippen LogP) is 4.40. The number of benzene rings is 2. The van der Waals surface area contributed by atoms with Gasteiger partial charge in [-0.25, -0.2) is 13.8 Å². The lowest BCUT2D eigenvalue weighted by Gasteiger charge is -2.25. The third-order valence-corrected chi connectivity index (χ3v) is 4.56. The summed E-state index contributed by atoms with van der Waals surface area (Å²) in [7, 11) is 0. The molecule has 4 rings (SSSR count). The highest BCUT2D eigenvalue weighted by molar-refractivity contribution is 6.04. The Balaban J connectivity index is 1.68. The minimum atomic E-state index is -0.432. The minimum absolute atomic E-state index is 0.113. The van der Waals surface area contributed by atoms with E-state index in [9.17, 15) is 13.6 Å². The quantitative estimate of drug-likeness (QED) is 0.688. The van der Waals surface area contributed by atoms with E-state index < -0.39 is 5.91 Å². The number of hydrogen-bond donors (Lipinski definition) is 2. The van der Waals surface area contributed by atoms with Crippen molar-refractivity contribution in [2.45, 2.75) is 19.4 Å². The Morgan fingerprint density at radius 1 is 1.14 bits per heavy atom. The van der Waals surface area contributed by atoms with E-state index in [1.54, 1.807) is 12.1 Å². The van der Waals surface area contributed by atoms with E-state index in [1.807, 2.05) is 13.0 Å². The Morgan fingerprint density at radius 2 is 1.79 bits per heavy atom. The Kier molecular flexibility index (Phi) is 5.12. The van der Waals surface area contributed by atoms with Crippen LogP contribution in [-0.2, 0) is 6.42 Å². The van der Waals surface area contributed by atoms with Gasteiger partial charge in [-0.3, -0.25) is 4.79 Å². The number of carbonyl (C=O) groups excluding carboxylic acids is 1.